The molecule has 0 heterocycles. The maximum absolute atomic E-state index is 12.3. The molecule has 0 aromatic heterocycles. The fourth-order valence-corrected chi connectivity index (χ4v) is 3.37. The summed E-state index contributed by atoms with van der Waals surface area (Å²) in [5, 5.41) is 0. The van der Waals surface area contributed by atoms with Crippen molar-refractivity contribution < 1.29 is 8.42 Å². The number of rotatable bonds is 4. The van der Waals surface area contributed by atoms with E-state index < -0.39 is 10.0 Å². The molecule has 0 saturated carbocycles. The Morgan fingerprint density at radius 2 is 1.60 bits per heavy atom. The quantitative estimate of drug-likeness (QED) is 0.886. The van der Waals surface area contributed by atoms with Crippen molar-refractivity contribution in [3.63, 3.8) is 0 Å². The van der Waals surface area contributed by atoms with Crippen LogP contribution in [0.2, 0.25) is 0 Å². The third-order valence-electron chi connectivity index (χ3n) is 2.98. The number of hydrogen-bond donors (Lipinski definition) is 1. The Balaban J connectivity index is 2.29. The third-order valence-corrected chi connectivity index (χ3v) is 5.05. The molecule has 0 aliphatic heterocycles. The molecule has 3 nitrogen and oxygen atoms in total. The molecule has 5 heteroatoms. The second-order valence-electron chi connectivity index (χ2n) is 4.81. The lowest BCUT2D eigenvalue weighted by molar-refractivity contribution is 0.601. The van der Waals surface area contributed by atoms with Crippen molar-refractivity contribution in [1.29, 1.82) is 0 Å². The average molecular weight is 354 g/mol. The van der Waals surface area contributed by atoms with Gasteiger partial charge in [-0.25, -0.2) is 8.42 Å². The van der Waals surface area contributed by atoms with E-state index in [0.29, 0.717) is 16.1 Å². The summed E-state index contributed by atoms with van der Waals surface area (Å²) < 4.78 is 27.9. The van der Waals surface area contributed by atoms with Crippen LogP contribution < -0.4 is 4.72 Å². The lowest BCUT2D eigenvalue weighted by atomic mass is 10.0. The lowest BCUT2D eigenvalue weighted by Crippen LogP contribution is -2.13. The number of benzene rings is 2. The van der Waals surface area contributed by atoms with Gasteiger partial charge in [-0.15, -0.1) is 0 Å². The fourth-order valence-electron chi connectivity index (χ4n) is 1.78. The molecule has 0 radical (unpaired) electrons. The normalized spacial score (nSPS) is 11.6. The predicted octanol–water partition coefficient (Wildman–Crippen LogP) is 4.37. The van der Waals surface area contributed by atoms with Gasteiger partial charge in [-0.05, 0) is 51.7 Å². The van der Waals surface area contributed by atoms with Gasteiger partial charge in [0.25, 0.3) is 10.0 Å². The summed E-state index contributed by atoms with van der Waals surface area (Å²) in [6.07, 6.45) is 0. The van der Waals surface area contributed by atoms with Gasteiger partial charge in [-0.1, -0.05) is 38.1 Å². The van der Waals surface area contributed by atoms with Crippen LogP contribution in [-0.4, -0.2) is 8.42 Å². The molecule has 106 valence electrons. The number of para-hydroxylation sites is 1. The molecule has 0 aliphatic rings. The minimum atomic E-state index is -3.56. The van der Waals surface area contributed by atoms with E-state index >= 15 is 0 Å². The molecule has 0 fully saturated rings. The first-order valence-corrected chi connectivity index (χ1v) is 8.55. The summed E-state index contributed by atoms with van der Waals surface area (Å²) in [5.41, 5.74) is 1.64. The third kappa shape index (κ3) is 3.41. The standard InChI is InChI=1S/C15H16BrNO2S/c1-11(2)12-7-9-13(10-8-12)20(18,19)17-15-6-4-3-5-14(15)16/h3-11,17H,1-2H3. The Hall–Kier alpha value is -1.33. The Labute approximate surface area is 128 Å². The topological polar surface area (TPSA) is 46.2 Å². The number of nitrogens with one attached hydrogen (secondary N) is 1. The molecular weight excluding hydrogens is 338 g/mol. The van der Waals surface area contributed by atoms with Crippen molar-refractivity contribution in [3.8, 4) is 0 Å². The molecule has 20 heavy (non-hydrogen) atoms. The second kappa shape index (κ2) is 5.97. The lowest BCUT2D eigenvalue weighted by Gasteiger charge is -2.11. The zero-order valence-corrected chi connectivity index (χ0v) is 13.7. The van der Waals surface area contributed by atoms with Crippen molar-refractivity contribution >= 4 is 31.6 Å². The smallest absolute Gasteiger partial charge is 0.261 e. The minimum absolute atomic E-state index is 0.262. The van der Waals surface area contributed by atoms with Crippen LogP contribution in [0.1, 0.15) is 25.3 Å². The first-order valence-electron chi connectivity index (χ1n) is 6.27. The van der Waals surface area contributed by atoms with Crippen LogP contribution in [0.3, 0.4) is 0 Å². The summed E-state index contributed by atoms with van der Waals surface area (Å²) in [7, 11) is -3.56. The minimum Gasteiger partial charge on any atom is -0.278 e. The van der Waals surface area contributed by atoms with Crippen molar-refractivity contribution in [3.05, 3.63) is 58.6 Å². The largest absolute Gasteiger partial charge is 0.278 e. The highest BCUT2D eigenvalue weighted by Gasteiger charge is 2.15. The van der Waals surface area contributed by atoms with Crippen LogP contribution in [-0.2, 0) is 10.0 Å². The first kappa shape index (κ1) is 15.1. The molecule has 0 amide bonds. The molecule has 0 bridgehead atoms. The Morgan fingerprint density at radius 3 is 2.15 bits per heavy atom. The predicted molar refractivity (Wildman–Crippen MR) is 85.5 cm³/mol. The zero-order valence-electron chi connectivity index (χ0n) is 11.3. The van der Waals surface area contributed by atoms with Gasteiger partial charge < -0.3 is 0 Å². The average Bonchev–Trinajstić information content (AvgIpc) is 2.41. The maximum atomic E-state index is 12.3. The van der Waals surface area contributed by atoms with Crippen molar-refractivity contribution in [2.24, 2.45) is 0 Å². The summed E-state index contributed by atoms with van der Waals surface area (Å²) in [5.74, 6) is 0.378. The van der Waals surface area contributed by atoms with Crippen LogP contribution in [0.4, 0.5) is 5.69 Å². The Bertz CT molecular complexity index is 694. The zero-order chi connectivity index (χ0) is 14.8. The fraction of sp³-hybridized carbons (Fsp3) is 0.200. The second-order valence-corrected chi connectivity index (χ2v) is 7.35. The van der Waals surface area contributed by atoms with Crippen molar-refractivity contribution in [2.45, 2.75) is 24.7 Å². The van der Waals surface area contributed by atoms with Crippen LogP contribution in [0.5, 0.6) is 0 Å². The Kier molecular flexibility index (Phi) is 4.50. The van der Waals surface area contributed by atoms with Gasteiger partial charge in [0, 0.05) is 4.47 Å². The molecule has 0 unspecified atom stereocenters. The van der Waals surface area contributed by atoms with E-state index in [0.717, 1.165) is 5.56 Å². The van der Waals surface area contributed by atoms with Crippen LogP contribution in [0.25, 0.3) is 0 Å². The summed E-state index contributed by atoms with van der Waals surface area (Å²) in [4.78, 5) is 0.262. The number of hydrogen-bond acceptors (Lipinski definition) is 2. The first-order chi connectivity index (χ1) is 9.40. The molecular formula is C15H16BrNO2S. The van der Waals surface area contributed by atoms with Crippen LogP contribution in [0, 0.1) is 0 Å². The van der Waals surface area contributed by atoms with E-state index in [9.17, 15) is 8.42 Å². The number of halogens is 1. The van der Waals surface area contributed by atoms with Crippen molar-refractivity contribution in [2.75, 3.05) is 4.72 Å². The Morgan fingerprint density at radius 1 is 1.00 bits per heavy atom. The highest BCUT2D eigenvalue weighted by Crippen LogP contribution is 2.25. The molecule has 2 aromatic carbocycles. The van der Waals surface area contributed by atoms with Gasteiger partial charge in [0.2, 0.25) is 0 Å². The monoisotopic (exact) mass is 353 g/mol. The van der Waals surface area contributed by atoms with E-state index in [1.54, 1.807) is 30.3 Å². The van der Waals surface area contributed by atoms with Gasteiger partial charge in [0.1, 0.15) is 0 Å². The van der Waals surface area contributed by atoms with E-state index in [1.807, 2.05) is 18.2 Å². The van der Waals surface area contributed by atoms with Gasteiger partial charge in [-0.3, -0.25) is 4.72 Å². The molecule has 0 saturated heterocycles. The molecule has 2 aromatic rings. The number of anilines is 1. The van der Waals surface area contributed by atoms with Gasteiger partial charge >= 0.3 is 0 Å². The molecule has 1 N–H and O–H groups in total. The molecule has 0 spiro atoms. The highest BCUT2D eigenvalue weighted by atomic mass is 79.9. The van der Waals surface area contributed by atoms with Crippen molar-refractivity contribution in [1.82, 2.24) is 0 Å². The van der Waals surface area contributed by atoms with Crippen LogP contribution in [0.15, 0.2) is 57.9 Å². The summed E-state index contributed by atoms with van der Waals surface area (Å²) in [6.45, 7) is 4.14. The number of sulfonamides is 1. The van der Waals surface area contributed by atoms with E-state index in [1.165, 1.54) is 0 Å². The van der Waals surface area contributed by atoms with E-state index in [2.05, 4.69) is 34.5 Å². The molecule has 2 rings (SSSR count). The highest BCUT2D eigenvalue weighted by molar-refractivity contribution is 9.10. The molecule has 0 atom stereocenters. The van der Waals surface area contributed by atoms with Gasteiger partial charge in [0.05, 0.1) is 10.6 Å². The summed E-state index contributed by atoms with van der Waals surface area (Å²) >= 11 is 3.33. The van der Waals surface area contributed by atoms with Gasteiger partial charge in [0.15, 0.2) is 0 Å². The van der Waals surface area contributed by atoms with E-state index in [-0.39, 0.29) is 4.90 Å². The van der Waals surface area contributed by atoms with E-state index in [4.69, 9.17) is 0 Å². The molecule has 0 aliphatic carbocycles. The van der Waals surface area contributed by atoms with Crippen LogP contribution >= 0.6 is 15.9 Å². The summed E-state index contributed by atoms with van der Waals surface area (Å²) in [6, 6.07) is 14.1. The van der Waals surface area contributed by atoms with Gasteiger partial charge in [-0.2, -0.15) is 0 Å². The SMILES string of the molecule is CC(C)c1ccc(S(=O)(=O)Nc2ccccc2Br)cc1. The maximum Gasteiger partial charge on any atom is 0.261 e.